The van der Waals surface area contributed by atoms with Gasteiger partial charge in [-0.2, -0.15) is 13.2 Å². The number of carbonyl (C=O) groups excluding carboxylic acids is 1. The Hall–Kier alpha value is -3.55. The van der Waals surface area contributed by atoms with E-state index in [1.807, 2.05) is 0 Å². The van der Waals surface area contributed by atoms with Crippen molar-refractivity contribution in [1.29, 1.82) is 0 Å². The summed E-state index contributed by atoms with van der Waals surface area (Å²) in [6.07, 6.45) is -3.59. The number of benzene rings is 2. The molecule has 5 nitrogen and oxygen atoms in total. The van der Waals surface area contributed by atoms with Gasteiger partial charge in [0.15, 0.2) is 0 Å². The number of nitrogens with one attached hydrogen (secondary N) is 1. The summed E-state index contributed by atoms with van der Waals surface area (Å²) < 4.78 is 49.1. The molecule has 0 aliphatic carbocycles. The number of para-hydroxylation sites is 1. The van der Waals surface area contributed by atoms with E-state index in [9.17, 15) is 18.0 Å². The van der Waals surface area contributed by atoms with E-state index in [2.05, 4.69) is 10.3 Å². The number of alkyl halides is 3. The molecule has 0 spiro atoms. The van der Waals surface area contributed by atoms with Gasteiger partial charge in [-0.15, -0.1) is 0 Å². The van der Waals surface area contributed by atoms with Gasteiger partial charge in [-0.05, 0) is 42.5 Å². The normalized spacial score (nSPS) is 18.5. The molecule has 1 unspecified atom stereocenters. The largest absolute Gasteiger partial charge is 0.497 e. The number of carbonyl (C=O) groups is 1. The summed E-state index contributed by atoms with van der Waals surface area (Å²) >= 11 is 0. The maximum atomic E-state index is 14.7. The number of pyridine rings is 1. The second-order valence-corrected chi connectivity index (χ2v) is 6.43. The van der Waals surface area contributed by atoms with Crippen LogP contribution in [-0.2, 0) is 0 Å². The van der Waals surface area contributed by atoms with Gasteiger partial charge in [-0.25, -0.2) is 4.98 Å². The van der Waals surface area contributed by atoms with Gasteiger partial charge in [0.05, 0.1) is 18.4 Å². The van der Waals surface area contributed by atoms with Gasteiger partial charge in [-0.3, -0.25) is 9.69 Å². The molecule has 0 amide bonds. The maximum absolute atomic E-state index is 14.7. The van der Waals surface area contributed by atoms with Crippen LogP contribution < -0.4 is 15.0 Å². The molecule has 8 heteroatoms. The number of hydrogen-bond donors (Lipinski definition) is 1. The van der Waals surface area contributed by atoms with Gasteiger partial charge < -0.3 is 10.1 Å². The number of ether oxygens (including phenoxy) is 1. The standard InChI is InChI=1S/C21H16F3N3O2/c1-29-15-10-11-17-16(13-15)19(28)20(21(22,23)24,26-14-7-3-2-4-8-14)27(17)18-9-5-6-12-25-18/h2-13,26H,1H3. The molecule has 0 bridgehead atoms. The van der Waals surface area contributed by atoms with E-state index in [1.54, 1.807) is 30.3 Å². The zero-order valence-electron chi connectivity index (χ0n) is 15.3. The lowest BCUT2D eigenvalue weighted by Crippen LogP contribution is -2.65. The van der Waals surface area contributed by atoms with Crippen LogP contribution in [0.4, 0.5) is 30.4 Å². The van der Waals surface area contributed by atoms with Crippen LogP contribution in [-0.4, -0.2) is 29.7 Å². The molecule has 0 saturated heterocycles. The van der Waals surface area contributed by atoms with Gasteiger partial charge in [0, 0.05) is 11.9 Å². The van der Waals surface area contributed by atoms with E-state index < -0.39 is 17.6 Å². The summed E-state index contributed by atoms with van der Waals surface area (Å²) in [6.45, 7) is 0. The third-order valence-corrected chi connectivity index (χ3v) is 4.74. The first-order chi connectivity index (χ1) is 13.9. The second kappa shape index (κ2) is 6.80. The van der Waals surface area contributed by atoms with Crippen LogP contribution in [0.1, 0.15) is 10.4 Å². The lowest BCUT2D eigenvalue weighted by Gasteiger charge is -2.40. The van der Waals surface area contributed by atoms with E-state index in [0.29, 0.717) is 0 Å². The second-order valence-electron chi connectivity index (χ2n) is 6.43. The molecule has 1 aromatic heterocycles. The molecule has 1 N–H and O–H groups in total. The van der Waals surface area contributed by atoms with Crippen LogP contribution in [0.5, 0.6) is 5.75 Å². The fourth-order valence-corrected chi connectivity index (χ4v) is 3.45. The number of ketones is 1. The SMILES string of the molecule is COc1ccc2c(c1)C(=O)C(Nc1ccccc1)(C(F)(F)F)N2c1ccccn1. The number of aromatic nitrogens is 1. The topological polar surface area (TPSA) is 54.5 Å². The highest BCUT2D eigenvalue weighted by atomic mass is 19.4. The number of nitrogens with zero attached hydrogens (tertiary/aromatic N) is 2. The molecule has 1 aliphatic heterocycles. The van der Waals surface area contributed by atoms with Crippen molar-refractivity contribution >= 4 is 23.0 Å². The first kappa shape index (κ1) is 18.8. The van der Waals surface area contributed by atoms with Gasteiger partial charge in [0.25, 0.3) is 5.66 Å². The Bertz CT molecular complexity index is 1040. The van der Waals surface area contributed by atoms with Crippen LogP contribution in [0, 0.1) is 0 Å². The highest BCUT2D eigenvalue weighted by molar-refractivity contribution is 6.17. The lowest BCUT2D eigenvalue weighted by molar-refractivity contribution is -0.161. The van der Waals surface area contributed by atoms with Crippen molar-refractivity contribution in [2.45, 2.75) is 11.8 Å². The van der Waals surface area contributed by atoms with Crippen molar-refractivity contribution in [3.8, 4) is 5.75 Å². The molecule has 4 rings (SSSR count). The summed E-state index contributed by atoms with van der Waals surface area (Å²) in [4.78, 5) is 18.3. The first-order valence-corrected chi connectivity index (χ1v) is 8.72. The Kier molecular flexibility index (Phi) is 4.41. The fourth-order valence-electron chi connectivity index (χ4n) is 3.45. The Morgan fingerprint density at radius 1 is 1.03 bits per heavy atom. The number of rotatable bonds is 4. The molecule has 29 heavy (non-hydrogen) atoms. The molecule has 1 atom stereocenters. The van der Waals surface area contributed by atoms with E-state index >= 15 is 0 Å². The minimum absolute atomic E-state index is 0.00878. The number of Topliss-reactive ketones (excluding diaryl/α,β-unsaturated/α-hetero) is 1. The molecular weight excluding hydrogens is 383 g/mol. The van der Waals surface area contributed by atoms with Crippen LogP contribution >= 0.6 is 0 Å². The predicted octanol–water partition coefficient (Wildman–Crippen LogP) is 4.80. The van der Waals surface area contributed by atoms with Crippen molar-refractivity contribution in [1.82, 2.24) is 4.98 Å². The first-order valence-electron chi connectivity index (χ1n) is 8.72. The molecule has 0 saturated carbocycles. The van der Waals surface area contributed by atoms with Crippen LogP contribution in [0.15, 0.2) is 72.9 Å². The Morgan fingerprint density at radius 2 is 1.76 bits per heavy atom. The van der Waals surface area contributed by atoms with Crippen molar-refractivity contribution < 1.29 is 22.7 Å². The Labute approximate surface area is 164 Å². The minimum atomic E-state index is -4.97. The summed E-state index contributed by atoms with van der Waals surface area (Å²) in [5.74, 6) is -0.852. The monoisotopic (exact) mass is 399 g/mol. The summed E-state index contributed by atoms with van der Waals surface area (Å²) in [6, 6.07) is 16.7. The molecule has 3 aromatic rings. The molecule has 148 valence electrons. The van der Waals surface area contributed by atoms with Gasteiger partial charge in [0.1, 0.15) is 11.6 Å². The lowest BCUT2D eigenvalue weighted by atomic mass is 10.00. The molecule has 0 fully saturated rings. The number of anilines is 3. The average Bonchev–Trinajstić information content (AvgIpc) is 2.98. The number of halogens is 3. The highest BCUT2D eigenvalue weighted by Gasteiger charge is 2.69. The van der Waals surface area contributed by atoms with Crippen LogP contribution in [0.25, 0.3) is 0 Å². The van der Waals surface area contributed by atoms with Crippen LogP contribution in [0.3, 0.4) is 0 Å². The van der Waals surface area contributed by atoms with E-state index in [0.717, 1.165) is 4.90 Å². The molecular formula is C21H16F3N3O2. The van der Waals surface area contributed by atoms with E-state index in [-0.39, 0.29) is 28.5 Å². The average molecular weight is 399 g/mol. The number of hydrogen-bond acceptors (Lipinski definition) is 5. The quantitative estimate of drug-likeness (QED) is 0.683. The molecule has 2 aromatic carbocycles. The molecule has 1 aliphatic rings. The highest BCUT2D eigenvalue weighted by Crippen LogP contribution is 2.51. The summed E-state index contributed by atoms with van der Waals surface area (Å²) in [7, 11) is 1.39. The minimum Gasteiger partial charge on any atom is -0.497 e. The van der Waals surface area contributed by atoms with Crippen molar-refractivity contribution in [2.75, 3.05) is 17.3 Å². The maximum Gasteiger partial charge on any atom is 0.438 e. The zero-order valence-corrected chi connectivity index (χ0v) is 15.3. The van der Waals surface area contributed by atoms with Crippen molar-refractivity contribution in [2.24, 2.45) is 0 Å². The number of fused-ring (bicyclic) bond motifs is 1. The van der Waals surface area contributed by atoms with E-state index in [1.165, 1.54) is 49.7 Å². The van der Waals surface area contributed by atoms with E-state index in [4.69, 9.17) is 4.74 Å². The fraction of sp³-hybridized carbons (Fsp3) is 0.143. The van der Waals surface area contributed by atoms with Gasteiger partial charge >= 0.3 is 6.18 Å². The summed E-state index contributed by atoms with van der Waals surface area (Å²) in [5, 5.41) is 2.45. The third-order valence-electron chi connectivity index (χ3n) is 4.74. The van der Waals surface area contributed by atoms with Crippen molar-refractivity contribution in [3.63, 3.8) is 0 Å². The Balaban J connectivity index is 2.00. The number of methoxy groups -OCH3 is 1. The smallest absolute Gasteiger partial charge is 0.438 e. The van der Waals surface area contributed by atoms with Gasteiger partial charge in [0.2, 0.25) is 5.78 Å². The molecule has 2 heterocycles. The summed E-state index contributed by atoms with van der Waals surface area (Å²) in [5.41, 5.74) is -2.91. The Morgan fingerprint density at radius 3 is 2.38 bits per heavy atom. The van der Waals surface area contributed by atoms with Crippen LogP contribution in [0.2, 0.25) is 0 Å². The third kappa shape index (κ3) is 2.88. The molecule has 0 radical (unpaired) electrons. The zero-order chi connectivity index (χ0) is 20.6. The van der Waals surface area contributed by atoms with Gasteiger partial charge in [-0.1, -0.05) is 24.3 Å². The van der Waals surface area contributed by atoms with Crippen molar-refractivity contribution in [3.05, 3.63) is 78.5 Å². The predicted molar refractivity (Wildman–Crippen MR) is 103 cm³/mol.